The Balaban J connectivity index is 1.73. The molecule has 0 amide bonds. The number of hydrogen-bond acceptors (Lipinski definition) is 4. The van der Waals surface area contributed by atoms with Crippen LogP contribution in [0, 0.1) is 5.92 Å². The van der Waals surface area contributed by atoms with Gasteiger partial charge in [0.1, 0.15) is 5.01 Å². The van der Waals surface area contributed by atoms with E-state index < -0.39 is 0 Å². The molecule has 0 saturated carbocycles. The van der Waals surface area contributed by atoms with E-state index in [4.69, 9.17) is 0 Å². The largest absolute Gasteiger partial charge is 0.316 e. The Labute approximate surface area is 95.3 Å². The van der Waals surface area contributed by atoms with E-state index in [1.54, 1.807) is 11.3 Å². The molecule has 4 heteroatoms. The van der Waals surface area contributed by atoms with E-state index >= 15 is 0 Å². The van der Waals surface area contributed by atoms with E-state index in [0.29, 0.717) is 6.04 Å². The Morgan fingerprint density at radius 1 is 1.73 bits per heavy atom. The molecule has 0 spiro atoms. The molecule has 0 aliphatic carbocycles. The van der Waals surface area contributed by atoms with Crippen molar-refractivity contribution >= 4 is 11.3 Å². The molecule has 1 fully saturated rings. The van der Waals surface area contributed by atoms with Gasteiger partial charge in [-0.15, -0.1) is 11.3 Å². The predicted octanol–water partition coefficient (Wildman–Crippen LogP) is 1.79. The lowest BCUT2D eigenvalue weighted by atomic mass is 9.99. The van der Waals surface area contributed by atoms with Gasteiger partial charge in [0.15, 0.2) is 0 Å². The highest BCUT2D eigenvalue weighted by atomic mass is 32.1. The Kier molecular flexibility index (Phi) is 4.11. The van der Waals surface area contributed by atoms with Gasteiger partial charge in [-0.2, -0.15) is 0 Å². The van der Waals surface area contributed by atoms with Gasteiger partial charge in [0.2, 0.25) is 0 Å². The molecule has 1 saturated heterocycles. The van der Waals surface area contributed by atoms with Crippen LogP contribution in [0.25, 0.3) is 0 Å². The van der Waals surface area contributed by atoms with Crippen molar-refractivity contribution in [3.63, 3.8) is 0 Å². The summed E-state index contributed by atoms with van der Waals surface area (Å²) in [6, 6.07) is 0.395. The second kappa shape index (κ2) is 5.58. The molecule has 0 radical (unpaired) electrons. The van der Waals surface area contributed by atoms with E-state index in [1.165, 1.54) is 24.4 Å². The first-order valence-electron chi connectivity index (χ1n) is 5.70. The zero-order valence-corrected chi connectivity index (χ0v) is 10.0. The van der Waals surface area contributed by atoms with Crippen molar-refractivity contribution < 1.29 is 0 Å². The Morgan fingerprint density at radius 2 is 2.67 bits per heavy atom. The zero-order valence-electron chi connectivity index (χ0n) is 9.20. The molecule has 0 unspecified atom stereocenters. The topological polar surface area (TPSA) is 37.0 Å². The first-order valence-corrected chi connectivity index (χ1v) is 6.57. The van der Waals surface area contributed by atoms with Crippen LogP contribution >= 0.6 is 11.3 Å². The fourth-order valence-corrected chi connectivity index (χ4v) is 2.65. The Hall–Kier alpha value is -0.450. The first kappa shape index (κ1) is 11.0. The number of rotatable bonds is 4. The summed E-state index contributed by atoms with van der Waals surface area (Å²) in [5.74, 6) is 0.793. The zero-order chi connectivity index (χ0) is 10.5. The number of aromatic nitrogens is 1. The molecule has 2 N–H and O–H groups in total. The maximum absolute atomic E-state index is 4.32. The van der Waals surface area contributed by atoms with Gasteiger partial charge in [-0.25, -0.2) is 4.98 Å². The first-order chi connectivity index (χ1) is 7.36. The van der Waals surface area contributed by atoms with Crippen molar-refractivity contribution in [1.29, 1.82) is 0 Å². The van der Waals surface area contributed by atoms with E-state index in [0.717, 1.165) is 19.0 Å². The summed E-state index contributed by atoms with van der Waals surface area (Å²) < 4.78 is 0. The van der Waals surface area contributed by atoms with Crippen LogP contribution in [0.3, 0.4) is 0 Å². The van der Waals surface area contributed by atoms with E-state index in [9.17, 15) is 0 Å². The van der Waals surface area contributed by atoms with Gasteiger partial charge in [0.05, 0.1) is 6.04 Å². The molecular weight excluding hydrogens is 206 g/mol. The smallest absolute Gasteiger partial charge is 0.109 e. The second-order valence-corrected chi connectivity index (χ2v) is 5.14. The van der Waals surface area contributed by atoms with Crippen molar-refractivity contribution in [2.45, 2.75) is 25.8 Å². The van der Waals surface area contributed by atoms with Gasteiger partial charge in [-0.05, 0) is 45.3 Å². The van der Waals surface area contributed by atoms with Crippen molar-refractivity contribution in [3.8, 4) is 0 Å². The summed E-state index contributed by atoms with van der Waals surface area (Å²) in [4.78, 5) is 4.32. The third-order valence-electron chi connectivity index (χ3n) is 2.93. The fourth-order valence-electron chi connectivity index (χ4n) is 1.98. The lowest BCUT2D eigenvalue weighted by Crippen LogP contribution is -2.36. The highest BCUT2D eigenvalue weighted by Crippen LogP contribution is 2.16. The van der Waals surface area contributed by atoms with Crippen molar-refractivity contribution in [2.24, 2.45) is 5.92 Å². The summed E-state index contributed by atoms with van der Waals surface area (Å²) >= 11 is 1.73. The Morgan fingerprint density at radius 3 is 3.33 bits per heavy atom. The number of nitrogens with zero attached hydrogens (tertiary/aromatic N) is 1. The van der Waals surface area contributed by atoms with Gasteiger partial charge < -0.3 is 10.6 Å². The molecule has 15 heavy (non-hydrogen) atoms. The summed E-state index contributed by atoms with van der Waals surface area (Å²) in [5, 5.41) is 10.2. The van der Waals surface area contributed by atoms with Crippen molar-refractivity contribution in [2.75, 3.05) is 19.6 Å². The molecule has 2 heterocycles. The lowest BCUT2D eigenvalue weighted by molar-refractivity contribution is 0.348. The van der Waals surface area contributed by atoms with E-state index in [2.05, 4.69) is 22.5 Å². The molecule has 84 valence electrons. The summed E-state index contributed by atoms with van der Waals surface area (Å²) in [7, 11) is 0. The third-order valence-corrected chi connectivity index (χ3v) is 3.89. The standard InChI is InChI=1S/C11H19N3S/c1-9(11-13-5-6-15-11)14-8-10-3-2-4-12-7-10/h5-6,9-10,12,14H,2-4,7-8H2,1H3/t9-,10-/m1/s1. The van der Waals surface area contributed by atoms with Crippen molar-refractivity contribution in [1.82, 2.24) is 15.6 Å². The van der Waals surface area contributed by atoms with Crippen LogP contribution in [0.1, 0.15) is 30.8 Å². The fraction of sp³-hybridized carbons (Fsp3) is 0.727. The predicted molar refractivity (Wildman–Crippen MR) is 64.1 cm³/mol. The molecule has 1 aromatic rings. The lowest BCUT2D eigenvalue weighted by Gasteiger charge is -2.24. The van der Waals surface area contributed by atoms with Crippen LogP contribution in [0.15, 0.2) is 11.6 Å². The summed E-state index contributed by atoms with van der Waals surface area (Å²) in [6.07, 6.45) is 4.54. The highest BCUT2D eigenvalue weighted by Gasteiger charge is 2.14. The van der Waals surface area contributed by atoms with Crippen LogP contribution in [0.5, 0.6) is 0 Å². The minimum absolute atomic E-state index is 0.395. The monoisotopic (exact) mass is 225 g/mol. The maximum atomic E-state index is 4.32. The SMILES string of the molecule is C[C@@H](NC[C@@H]1CCCNC1)c1nccs1. The van der Waals surface area contributed by atoms with Crippen LogP contribution in [-0.2, 0) is 0 Å². The molecule has 1 aromatic heterocycles. The number of nitrogens with one attached hydrogen (secondary N) is 2. The van der Waals surface area contributed by atoms with Gasteiger partial charge in [0, 0.05) is 11.6 Å². The quantitative estimate of drug-likeness (QED) is 0.820. The number of thiazole rings is 1. The molecule has 1 aliphatic rings. The normalized spacial score (nSPS) is 23.9. The van der Waals surface area contributed by atoms with E-state index in [-0.39, 0.29) is 0 Å². The number of hydrogen-bond donors (Lipinski definition) is 2. The van der Waals surface area contributed by atoms with Gasteiger partial charge >= 0.3 is 0 Å². The van der Waals surface area contributed by atoms with Crippen molar-refractivity contribution in [3.05, 3.63) is 16.6 Å². The minimum Gasteiger partial charge on any atom is -0.316 e. The third kappa shape index (κ3) is 3.26. The average Bonchev–Trinajstić information content (AvgIpc) is 2.81. The molecule has 1 aliphatic heterocycles. The van der Waals surface area contributed by atoms with Gasteiger partial charge in [0.25, 0.3) is 0 Å². The molecular formula is C11H19N3S. The van der Waals surface area contributed by atoms with Crippen LogP contribution < -0.4 is 10.6 Å². The van der Waals surface area contributed by atoms with Crippen LogP contribution in [-0.4, -0.2) is 24.6 Å². The number of piperidine rings is 1. The average molecular weight is 225 g/mol. The van der Waals surface area contributed by atoms with Gasteiger partial charge in [-0.1, -0.05) is 0 Å². The maximum Gasteiger partial charge on any atom is 0.109 e. The Bertz CT molecular complexity index is 267. The van der Waals surface area contributed by atoms with Gasteiger partial charge in [-0.3, -0.25) is 0 Å². The molecule has 0 aromatic carbocycles. The molecule has 0 bridgehead atoms. The highest BCUT2D eigenvalue weighted by molar-refractivity contribution is 7.09. The summed E-state index contributed by atoms with van der Waals surface area (Å²) in [5.41, 5.74) is 0. The summed E-state index contributed by atoms with van der Waals surface area (Å²) in [6.45, 7) is 5.65. The molecule has 3 nitrogen and oxygen atoms in total. The molecule has 2 atom stereocenters. The minimum atomic E-state index is 0.395. The second-order valence-electron chi connectivity index (χ2n) is 4.21. The van der Waals surface area contributed by atoms with Crippen LogP contribution in [0.2, 0.25) is 0 Å². The van der Waals surface area contributed by atoms with E-state index in [1.807, 2.05) is 11.6 Å². The van der Waals surface area contributed by atoms with Crippen LogP contribution in [0.4, 0.5) is 0 Å². The molecule has 2 rings (SSSR count).